The second-order valence-electron chi connectivity index (χ2n) is 7.08. The summed E-state index contributed by atoms with van der Waals surface area (Å²) in [6.45, 7) is 2.03. The zero-order valence-corrected chi connectivity index (χ0v) is 17.4. The van der Waals surface area contributed by atoms with Crippen molar-refractivity contribution in [2.75, 3.05) is 25.0 Å². The van der Waals surface area contributed by atoms with Crippen LogP contribution in [-0.4, -0.2) is 44.3 Å². The lowest BCUT2D eigenvalue weighted by Crippen LogP contribution is -2.36. The number of carbonyl (C=O) groups excluding carboxylic acids is 2. The maximum atomic E-state index is 13.0. The van der Waals surface area contributed by atoms with Crippen LogP contribution in [0.4, 0.5) is 10.1 Å². The molecule has 1 amide bonds. The predicted octanol–water partition coefficient (Wildman–Crippen LogP) is 3.10. The number of piperidine rings is 1. The van der Waals surface area contributed by atoms with E-state index in [1.165, 1.54) is 40.7 Å². The molecular weight excluding hydrogens is 411 g/mol. The van der Waals surface area contributed by atoms with Gasteiger partial charge in [0.15, 0.2) is 6.61 Å². The van der Waals surface area contributed by atoms with Gasteiger partial charge in [0.2, 0.25) is 10.0 Å². The van der Waals surface area contributed by atoms with Gasteiger partial charge in [0.05, 0.1) is 10.5 Å². The maximum Gasteiger partial charge on any atom is 0.338 e. The lowest BCUT2D eigenvalue weighted by Gasteiger charge is -2.26. The van der Waals surface area contributed by atoms with Crippen LogP contribution in [-0.2, 0) is 19.6 Å². The topological polar surface area (TPSA) is 92.8 Å². The molecule has 0 aliphatic carbocycles. The zero-order chi connectivity index (χ0) is 21.7. The molecule has 0 spiro atoms. The van der Waals surface area contributed by atoms with Gasteiger partial charge in [-0.05, 0) is 61.7 Å². The molecule has 1 aliphatic rings. The van der Waals surface area contributed by atoms with Crippen molar-refractivity contribution >= 4 is 27.6 Å². The van der Waals surface area contributed by atoms with Gasteiger partial charge < -0.3 is 10.1 Å². The first-order valence-electron chi connectivity index (χ1n) is 9.61. The van der Waals surface area contributed by atoms with Crippen LogP contribution in [0.5, 0.6) is 0 Å². The molecule has 9 heteroatoms. The molecule has 1 N–H and O–H groups in total. The van der Waals surface area contributed by atoms with Gasteiger partial charge in [-0.2, -0.15) is 4.31 Å². The summed E-state index contributed by atoms with van der Waals surface area (Å²) < 4.78 is 45.3. The van der Waals surface area contributed by atoms with Crippen molar-refractivity contribution in [3.8, 4) is 0 Å². The highest BCUT2D eigenvalue weighted by atomic mass is 32.2. The molecule has 30 heavy (non-hydrogen) atoms. The summed E-state index contributed by atoms with van der Waals surface area (Å²) in [5.41, 5.74) is 0.944. The van der Waals surface area contributed by atoms with Gasteiger partial charge in [-0.3, -0.25) is 4.79 Å². The molecular formula is C21H23FN2O5S. The summed E-state index contributed by atoms with van der Waals surface area (Å²) in [6.07, 6.45) is 2.61. The monoisotopic (exact) mass is 434 g/mol. The number of halogens is 1. The highest BCUT2D eigenvalue weighted by Crippen LogP contribution is 2.24. The number of benzene rings is 2. The lowest BCUT2D eigenvalue weighted by atomic mass is 10.1. The summed E-state index contributed by atoms with van der Waals surface area (Å²) >= 11 is 0. The summed E-state index contributed by atoms with van der Waals surface area (Å²) in [5, 5.41) is 2.48. The zero-order valence-electron chi connectivity index (χ0n) is 16.6. The first-order chi connectivity index (χ1) is 14.3. The van der Waals surface area contributed by atoms with E-state index in [1.807, 2.05) is 0 Å². The number of rotatable bonds is 6. The van der Waals surface area contributed by atoms with Crippen LogP contribution in [0.3, 0.4) is 0 Å². The van der Waals surface area contributed by atoms with Gasteiger partial charge in [0.1, 0.15) is 5.82 Å². The minimum Gasteiger partial charge on any atom is -0.452 e. The van der Waals surface area contributed by atoms with Crippen molar-refractivity contribution in [3.05, 3.63) is 59.4 Å². The standard InChI is InChI=1S/C21H23FN2O5S/c1-15-5-6-16(13-19(15)30(27,28)24-11-3-2-4-12-24)21(26)29-14-20(25)23-18-9-7-17(22)8-10-18/h5-10,13H,2-4,11-12,14H2,1H3,(H,23,25). The molecule has 2 aromatic rings. The summed E-state index contributed by atoms with van der Waals surface area (Å²) in [6, 6.07) is 9.45. The van der Waals surface area contributed by atoms with Crippen molar-refractivity contribution in [1.29, 1.82) is 0 Å². The van der Waals surface area contributed by atoms with E-state index in [2.05, 4.69) is 5.32 Å². The van der Waals surface area contributed by atoms with Crippen molar-refractivity contribution in [2.45, 2.75) is 31.1 Å². The van der Waals surface area contributed by atoms with E-state index in [0.717, 1.165) is 19.3 Å². The normalized spacial score (nSPS) is 14.9. The van der Waals surface area contributed by atoms with Crippen LogP contribution >= 0.6 is 0 Å². The third kappa shape index (κ3) is 5.22. The number of nitrogens with zero attached hydrogens (tertiary/aromatic N) is 1. The Morgan fingerprint density at radius 1 is 1.07 bits per heavy atom. The molecule has 3 rings (SSSR count). The third-order valence-electron chi connectivity index (χ3n) is 4.82. The number of amides is 1. The molecule has 0 atom stereocenters. The molecule has 160 valence electrons. The van der Waals surface area contributed by atoms with Gasteiger partial charge in [-0.1, -0.05) is 12.5 Å². The van der Waals surface area contributed by atoms with E-state index in [4.69, 9.17) is 4.74 Å². The second kappa shape index (κ2) is 9.36. The fourth-order valence-corrected chi connectivity index (χ4v) is 4.96. The highest BCUT2D eigenvalue weighted by Gasteiger charge is 2.28. The quantitative estimate of drug-likeness (QED) is 0.706. The fraction of sp³-hybridized carbons (Fsp3) is 0.333. The molecule has 1 aliphatic heterocycles. The molecule has 2 aromatic carbocycles. The van der Waals surface area contributed by atoms with Gasteiger partial charge in [0.25, 0.3) is 5.91 Å². The Morgan fingerprint density at radius 2 is 1.73 bits per heavy atom. The number of carbonyl (C=O) groups is 2. The Hall–Kier alpha value is -2.78. The van der Waals surface area contributed by atoms with Crippen LogP contribution in [0.2, 0.25) is 0 Å². The molecule has 0 unspecified atom stereocenters. The van der Waals surface area contributed by atoms with Crippen molar-refractivity contribution < 1.29 is 27.1 Å². The molecule has 1 heterocycles. The van der Waals surface area contributed by atoms with Crippen molar-refractivity contribution in [1.82, 2.24) is 4.31 Å². The summed E-state index contributed by atoms with van der Waals surface area (Å²) in [7, 11) is -3.71. The Bertz CT molecular complexity index is 1030. The number of ether oxygens (including phenoxy) is 1. The van der Waals surface area contributed by atoms with E-state index in [-0.39, 0.29) is 10.5 Å². The molecule has 0 aromatic heterocycles. The van der Waals surface area contributed by atoms with E-state index in [0.29, 0.717) is 24.3 Å². The number of esters is 1. The number of hydrogen-bond donors (Lipinski definition) is 1. The minimum atomic E-state index is -3.71. The van der Waals surface area contributed by atoms with Crippen molar-refractivity contribution in [3.63, 3.8) is 0 Å². The molecule has 0 radical (unpaired) electrons. The molecule has 7 nitrogen and oxygen atoms in total. The average molecular weight is 434 g/mol. The Balaban J connectivity index is 1.67. The minimum absolute atomic E-state index is 0.0470. The van der Waals surface area contributed by atoms with Crippen LogP contribution in [0.1, 0.15) is 35.2 Å². The molecule has 1 saturated heterocycles. The Morgan fingerprint density at radius 3 is 2.40 bits per heavy atom. The number of hydrogen-bond acceptors (Lipinski definition) is 5. The van der Waals surface area contributed by atoms with Gasteiger partial charge >= 0.3 is 5.97 Å². The van der Waals surface area contributed by atoms with E-state index in [1.54, 1.807) is 13.0 Å². The van der Waals surface area contributed by atoms with E-state index < -0.39 is 34.3 Å². The van der Waals surface area contributed by atoms with Crippen molar-refractivity contribution in [2.24, 2.45) is 0 Å². The van der Waals surface area contributed by atoms with Gasteiger partial charge in [0, 0.05) is 18.8 Å². The largest absolute Gasteiger partial charge is 0.452 e. The van der Waals surface area contributed by atoms with Crippen LogP contribution in [0.15, 0.2) is 47.4 Å². The first-order valence-corrected chi connectivity index (χ1v) is 11.0. The SMILES string of the molecule is Cc1ccc(C(=O)OCC(=O)Nc2ccc(F)cc2)cc1S(=O)(=O)N1CCCCC1. The Kier molecular flexibility index (Phi) is 6.84. The second-order valence-corrected chi connectivity index (χ2v) is 8.98. The number of nitrogens with one attached hydrogen (secondary N) is 1. The average Bonchev–Trinajstić information content (AvgIpc) is 2.74. The Labute approximate surface area is 174 Å². The third-order valence-corrected chi connectivity index (χ3v) is 6.86. The first kappa shape index (κ1) is 21.9. The van der Waals surface area contributed by atoms with E-state index in [9.17, 15) is 22.4 Å². The molecule has 1 fully saturated rings. The van der Waals surface area contributed by atoms with Gasteiger partial charge in [-0.15, -0.1) is 0 Å². The lowest BCUT2D eigenvalue weighted by molar-refractivity contribution is -0.119. The number of anilines is 1. The molecule has 0 saturated carbocycles. The van der Waals surface area contributed by atoms with Crippen LogP contribution in [0, 0.1) is 12.7 Å². The summed E-state index contributed by atoms with van der Waals surface area (Å²) in [5.74, 6) is -1.84. The van der Waals surface area contributed by atoms with Gasteiger partial charge in [-0.25, -0.2) is 17.6 Å². The smallest absolute Gasteiger partial charge is 0.338 e. The fourth-order valence-electron chi connectivity index (χ4n) is 3.19. The summed E-state index contributed by atoms with van der Waals surface area (Å²) in [4.78, 5) is 24.4. The van der Waals surface area contributed by atoms with Crippen LogP contribution in [0.25, 0.3) is 0 Å². The highest BCUT2D eigenvalue weighted by molar-refractivity contribution is 7.89. The maximum absolute atomic E-state index is 13.0. The van der Waals surface area contributed by atoms with E-state index >= 15 is 0 Å². The molecule has 0 bridgehead atoms. The van der Waals surface area contributed by atoms with Crippen LogP contribution < -0.4 is 5.32 Å². The number of sulfonamides is 1. The number of aryl methyl sites for hydroxylation is 1. The predicted molar refractivity (Wildman–Crippen MR) is 109 cm³/mol.